The second kappa shape index (κ2) is 5.56. The van der Waals surface area contributed by atoms with Crippen LogP contribution in [-0.4, -0.2) is 34.6 Å². The number of hydrogen-bond donors (Lipinski definition) is 1. The lowest BCUT2D eigenvalue weighted by Crippen LogP contribution is -2.09. The number of aromatic nitrogens is 1. The molecule has 104 valence electrons. The molecule has 1 heterocycles. The van der Waals surface area contributed by atoms with Gasteiger partial charge in [-0.25, -0.2) is 4.79 Å². The van der Waals surface area contributed by atoms with Crippen molar-refractivity contribution in [2.45, 2.75) is 13.3 Å². The maximum absolute atomic E-state index is 11.2. The van der Waals surface area contributed by atoms with Crippen molar-refractivity contribution in [3.63, 3.8) is 0 Å². The van der Waals surface area contributed by atoms with Crippen molar-refractivity contribution in [1.82, 2.24) is 4.57 Å². The number of carbonyl (C=O) groups is 3. The molecule has 0 aliphatic carbocycles. The minimum absolute atomic E-state index is 0.162. The SMILES string of the molecule is CC(=O)OCCc1cccc2c(C=O)cn(C(=O)O)c12. The zero-order chi connectivity index (χ0) is 14.7. The van der Waals surface area contributed by atoms with Crippen molar-refractivity contribution in [1.29, 1.82) is 0 Å². The van der Waals surface area contributed by atoms with E-state index in [1.165, 1.54) is 13.1 Å². The van der Waals surface area contributed by atoms with Gasteiger partial charge in [-0.2, -0.15) is 0 Å². The fraction of sp³-hybridized carbons (Fsp3) is 0.214. The summed E-state index contributed by atoms with van der Waals surface area (Å²) in [5.41, 5.74) is 1.48. The van der Waals surface area contributed by atoms with Gasteiger partial charge in [0.05, 0.1) is 12.1 Å². The molecule has 0 aliphatic heterocycles. The molecule has 0 fully saturated rings. The van der Waals surface area contributed by atoms with Gasteiger partial charge in [-0.05, 0) is 5.56 Å². The Morgan fingerprint density at radius 3 is 2.75 bits per heavy atom. The average molecular weight is 275 g/mol. The highest BCUT2D eigenvalue weighted by atomic mass is 16.5. The van der Waals surface area contributed by atoms with E-state index >= 15 is 0 Å². The van der Waals surface area contributed by atoms with Gasteiger partial charge < -0.3 is 9.84 Å². The highest BCUT2D eigenvalue weighted by Gasteiger charge is 2.15. The highest BCUT2D eigenvalue weighted by Crippen LogP contribution is 2.24. The molecule has 0 saturated carbocycles. The van der Waals surface area contributed by atoms with E-state index in [9.17, 15) is 19.5 Å². The van der Waals surface area contributed by atoms with Crippen molar-refractivity contribution >= 4 is 29.3 Å². The Balaban J connectivity index is 2.49. The lowest BCUT2D eigenvalue weighted by Gasteiger charge is -2.06. The summed E-state index contributed by atoms with van der Waals surface area (Å²) >= 11 is 0. The van der Waals surface area contributed by atoms with E-state index in [0.29, 0.717) is 34.7 Å². The van der Waals surface area contributed by atoms with Crippen molar-refractivity contribution in [2.24, 2.45) is 0 Å². The van der Waals surface area contributed by atoms with Crippen LogP contribution in [0.5, 0.6) is 0 Å². The molecule has 1 aromatic heterocycles. The van der Waals surface area contributed by atoms with E-state index in [1.807, 2.05) is 0 Å². The van der Waals surface area contributed by atoms with Gasteiger partial charge in [0.2, 0.25) is 0 Å². The Labute approximate surface area is 114 Å². The van der Waals surface area contributed by atoms with Gasteiger partial charge in [-0.15, -0.1) is 0 Å². The van der Waals surface area contributed by atoms with Crippen molar-refractivity contribution in [3.8, 4) is 0 Å². The lowest BCUT2D eigenvalue weighted by atomic mass is 10.1. The first-order valence-corrected chi connectivity index (χ1v) is 5.99. The molecule has 1 N–H and O–H groups in total. The summed E-state index contributed by atoms with van der Waals surface area (Å²) in [6.45, 7) is 1.47. The second-order valence-electron chi connectivity index (χ2n) is 4.26. The van der Waals surface area contributed by atoms with Gasteiger partial charge in [0.1, 0.15) is 0 Å². The minimum Gasteiger partial charge on any atom is -0.466 e. The van der Waals surface area contributed by atoms with Crippen LogP contribution < -0.4 is 0 Å². The van der Waals surface area contributed by atoms with Crippen LogP contribution in [0.15, 0.2) is 24.4 Å². The third kappa shape index (κ3) is 2.54. The Morgan fingerprint density at radius 2 is 2.15 bits per heavy atom. The van der Waals surface area contributed by atoms with Crippen LogP contribution in [0.3, 0.4) is 0 Å². The van der Waals surface area contributed by atoms with Crippen molar-refractivity contribution in [3.05, 3.63) is 35.5 Å². The third-order valence-corrected chi connectivity index (χ3v) is 2.95. The molecule has 0 saturated heterocycles. The summed E-state index contributed by atoms with van der Waals surface area (Å²) in [7, 11) is 0. The molecule has 2 aromatic rings. The first kappa shape index (κ1) is 13.8. The summed E-state index contributed by atoms with van der Waals surface area (Å²) < 4.78 is 5.88. The van der Waals surface area contributed by atoms with E-state index in [0.717, 1.165) is 4.57 Å². The number of para-hydroxylation sites is 1. The maximum Gasteiger partial charge on any atom is 0.416 e. The standard InChI is InChI=1S/C14H13NO5/c1-9(17)20-6-5-10-3-2-4-12-11(8-16)7-15(13(10)12)14(18)19/h2-4,7-8H,5-6H2,1H3,(H,18,19). The van der Waals surface area contributed by atoms with Gasteiger partial charge in [0, 0.05) is 30.5 Å². The molecule has 1 aromatic carbocycles. The van der Waals surface area contributed by atoms with E-state index in [1.54, 1.807) is 18.2 Å². The van der Waals surface area contributed by atoms with Crippen molar-refractivity contribution in [2.75, 3.05) is 6.61 Å². The summed E-state index contributed by atoms with van der Waals surface area (Å²) in [6, 6.07) is 5.18. The number of hydrogen-bond acceptors (Lipinski definition) is 4. The zero-order valence-corrected chi connectivity index (χ0v) is 10.8. The maximum atomic E-state index is 11.2. The number of carbonyl (C=O) groups excluding carboxylic acids is 2. The van der Waals surface area contributed by atoms with E-state index in [4.69, 9.17) is 4.74 Å². The molecular weight excluding hydrogens is 262 g/mol. The zero-order valence-electron chi connectivity index (χ0n) is 10.8. The number of nitrogens with zero attached hydrogens (tertiary/aromatic N) is 1. The molecule has 6 nitrogen and oxygen atoms in total. The molecule has 0 unspecified atom stereocenters. The van der Waals surface area contributed by atoms with Gasteiger partial charge in [0.25, 0.3) is 0 Å². The number of fused-ring (bicyclic) bond motifs is 1. The molecule has 0 aliphatic rings. The Bertz CT molecular complexity index is 686. The molecule has 6 heteroatoms. The number of benzene rings is 1. The fourth-order valence-corrected chi connectivity index (χ4v) is 2.13. The number of carboxylic acid groups (broad SMARTS) is 1. The van der Waals surface area contributed by atoms with Crippen LogP contribution in [0, 0.1) is 0 Å². The van der Waals surface area contributed by atoms with Crippen LogP contribution in [-0.2, 0) is 16.0 Å². The molecular formula is C14H13NO5. The number of rotatable bonds is 4. The van der Waals surface area contributed by atoms with Crippen LogP contribution >= 0.6 is 0 Å². The topological polar surface area (TPSA) is 85.6 Å². The van der Waals surface area contributed by atoms with Crippen LogP contribution in [0.2, 0.25) is 0 Å². The Hall–Kier alpha value is -2.63. The molecule has 0 atom stereocenters. The van der Waals surface area contributed by atoms with E-state index in [-0.39, 0.29) is 12.6 Å². The first-order chi connectivity index (χ1) is 9.54. The predicted octanol–water partition coefficient (Wildman–Crippen LogP) is 2.09. The summed E-state index contributed by atoms with van der Waals surface area (Å²) in [5.74, 6) is -0.389. The van der Waals surface area contributed by atoms with Crippen molar-refractivity contribution < 1.29 is 24.2 Å². The quantitative estimate of drug-likeness (QED) is 0.682. The van der Waals surface area contributed by atoms with Gasteiger partial charge in [-0.3, -0.25) is 14.2 Å². The minimum atomic E-state index is -1.16. The molecule has 0 radical (unpaired) electrons. The normalized spacial score (nSPS) is 10.4. The molecule has 0 spiro atoms. The summed E-state index contributed by atoms with van der Waals surface area (Å²) in [6.07, 6.45) is 1.13. The first-order valence-electron chi connectivity index (χ1n) is 5.99. The largest absolute Gasteiger partial charge is 0.466 e. The molecule has 0 bridgehead atoms. The Morgan fingerprint density at radius 1 is 1.40 bits per heavy atom. The fourth-order valence-electron chi connectivity index (χ4n) is 2.13. The molecule has 0 amide bonds. The lowest BCUT2D eigenvalue weighted by molar-refractivity contribution is -0.140. The highest BCUT2D eigenvalue weighted by molar-refractivity contribution is 6.02. The number of ether oxygens (including phenoxy) is 1. The average Bonchev–Trinajstić information content (AvgIpc) is 2.78. The van der Waals surface area contributed by atoms with Crippen LogP contribution in [0.4, 0.5) is 4.79 Å². The Kier molecular flexibility index (Phi) is 3.84. The smallest absolute Gasteiger partial charge is 0.416 e. The molecule has 20 heavy (non-hydrogen) atoms. The predicted molar refractivity (Wildman–Crippen MR) is 71.1 cm³/mol. The van der Waals surface area contributed by atoms with Gasteiger partial charge in [-0.1, -0.05) is 18.2 Å². The molecule has 2 rings (SSSR count). The monoisotopic (exact) mass is 275 g/mol. The van der Waals surface area contributed by atoms with E-state index in [2.05, 4.69) is 0 Å². The van der Waals surface area contributed by atoms with Gasteiger partial charge in [0.15, 0.2) is 6.29 Å². The van der Waals surface area contributed by atoms with E-state index < -0.39 is 6.09 Å². The van der Waals surface area contributed by atoms with Gasteiger partial charge >= 0.3 is 12.1 Å². The van der Waals surface area contributed by atoms with Crippen LogP contribution in [0.25, 0.3) is 10.9 Å². The number of esters is 1. The third-order valence-electron chi connectivity index (χ3n) is 2.95. The summed E-state index contributed by atoms with van der Waals surface area (Å²) in [4.78, 5) is 33.0. The van der Waals surface area contributed by atoms with Crippen LogP contribution in [0.1, 0.15) is 22.8 Å². The summed E-state index contributed by atoms with van der Waals surface area (Å²) in [5, 5.41) is 9.76. The second-order valence-corrected chi connectivity index (χ2v) is 4.26. The number of aldehydes is 1.